The van der Waals surface area contributed by atoms with Crippen molar-refractivity contribution < 1.29 is 0 Å². The van der Waals surface area contributed by atoms with Crippen molar-refractivity contribution in [1.29, 1.82) is 0 Å². The Bertz CT molecular complexity index is 367. The summed E-state index contributed by atoms with van der Waals surface area (Å²) in [6.07, 6.45) is 0. The van der Waals surface area contributed by atoms with Gasteiger partial charge in [-0.05, 0) is 37.7 Å². The van der Waals surface area contributed by atoms with Gasteiger partial charge in [0.15, 0.2) is 0 Å². The molecule has 0 aliphatic carbocycles. The van der Waals surface area contributed by atoms with E-state index in [1.807, 2.05) is 12.1 Å². The molecule has 1 atom stereocenters. The van der Waals surface area contributed by atoms with E-state index in [2.05, 4.69) is 53.0 Å². The molecule has 0 amide bonds. The van der Waals surface area contributed by atoms with Crippen molar-refractivity contribution in [2.24, 2.45) is 0 Å². The lowest BCUT2D eigenvalue weighted by molar-refractivity contribution is 0.270. The monoisotopic (exact) mass is 332 g/mol. The average Bonchev–Trinajstić information content (AvgIpc) is 2.35. The van der Waals surface area contributed by atoms with E-state index in [1.165, 1.54) is 0 Å². The highest BCUT2D eigenvalue weighted by molar-refractivity contribution is 9.10. The average molecular weight is 334 g/mol. The first-order chi connectivity index (χ1) is 8.56. The van der Waals surface area contributed by atoms with Crippen LogP contribution in [0.15, 0.2) is 22.7 Å². The van der Waals surface area contributed by atoms with E-state index in [0.717, 1.165) is 41.2 Å². The third-order valence-corrected chi connectivity index (χ3v) is 3.93. The molecule has 1 N–H and O–H groups in total. The Balaban J connectivity index is 2.44. The van der Waals surface area contributed by atoms with E-state index < -0.39 is 0 Å². The molecule has 0 bridgehead atoms. The van der Waals surface area contributed by atoms with E-state index in [4.69, 9.17) is 11.6 Å². The molecule has 0 radical (unpaired) electrons. The standard InChI is InChI=1S/C14H22BrClN2/c1-4-18(5-2)10-11(3)17-9-12-6-7-13(15)8-14(12)16/h6-8,11,17H,4-5,9-10H2,1-3H3. The lowest BCUT2D eigenvalue weighted by Gasteiger charge is -2.23. The highest BCUT2D eigenvalue weighted by atomic mass is 79.9. The van der Waals surface area contributed by atoms with Gasteiger partial charge in [0.25, 0.3) is 0 Å². The fourth-order valence-corrected chi connectivity index (χ4v) is 2.62. The zero-order chi connectivity index (χ0) is 13.5. The molecule has 4 heteroatoms. The molecule has 1 unspecified atom stereocenters. The predicted octanol–water partition coefficient (Wildman–Crippen LogP) is 3.92. The van der Waals surface area contributed by atoms with Gasteiger partial charge in [-0.15, -0.1) is 0 Å². The molecule has 0 saturated carbocycles. The third kappa shape index (κ3) is 5.27. The van der Waals surface area contributed by atoms with E-state index in [1.54, 1.807) is 0 Å². The second kappa shape index (κ2) is 8.16. The molecular weight excluding hydrogens is 312 g/mol. The maximum Gasteiger partial charge on any atom is 0.0462 e. The SMILES string of the molecule is CCN(CC)CC(C)NCc1ccc(Br)cc1Cl. The lowest BCUT2D eigenvalue weighted by Crippen LogP contribution is -2.38. The Morgan fingerprint density at radius 2 is 2.00 bits per heavy atom. The second-order valence-electron chi connectivity index (χ2n) is 4.50. The fourth-order valence-electron chi connectivity index (χ4n) is 1.88. The van der Waals surface area contributed by atoms with Gasteiger partial charge in [-0.3, -0.25) is 0 Å². The maximum absolute atomic E-state index is 6.19. The Morgan fingerprint density at radius 1 is 1.33 bits per heavy atom. The van der Waals surface area contributed by atoms with E-state index >= 15 is 0 Å². The molecule has 2 nitrogen and oxygen atoms in total. The molecule has 0 saturated heterocycles. The molecule has 0 fully saturated rings. The highest BCUT2D eigenvalue weighted by Crippen LogP contribution is 2.21. The number of rotatable bonds is 7. The van der Waals surface area contributed by atoms with Gasteiger partial charge in [-0.25, -0.2) is 0 Å². The first-order valence-corrected chi connectivity index (χ1v) is 7.63. The summed E-state index contributed by atoms with van der Waals surface area (Å²) in [5.74, 6) is 0. The van der Waals surface area contributed by atoms with Crippen molar-refractivity contribution in [2.75, 3.05) is 19.6 Å². The summed E-state index contributed by atoms with van der Waals surface area (Å²) in [5.41, 5.74) is 1.14. The highest BCUT2D eigenvalue weighted by Gasteiger charge is 2.07. The van der Waals surface area contributed by atoms with Gasteiger partial charge in [-0.2, -0.15) is 0 Å². The summed E-state index contributed by atoms with van der Waals surface area (Å²) in [6, 6.07) is 6.49. The molecule has 0 spiro atoms. The van der Waals surface area contributed by atoms with Crippen molar-refractivity contribution in [2.45, 2.75) is 33.4 Å². The summed E-state index contributed by atoms with van der Waals surface area (Å²) >= 11 is 9.61. The van der Waals surface area contributed by atoms with Crippen LogP contribution in [0.1, 0.15) is 26.3 Å². The van der Waals surface area contributed by atoms with Crippen LogP contribution in [0.25, 0.3) is 0 Å². The van der Waals surface area contributed by atoms with Gasteiger partial charge in [0.05, 0.1) is 0 Å². The molecule has 18 heavy (non-hydrogen) atoms. The van der Waals surface area contributed by atoms with Crippen LogP contribution in [0.5, 0.6) is 0 Å². The molecule has 0 aliphatic heterocycles. The predicted molar refractivity (Wildman–Crippen MR) is 83.2 cm³/mol. The van der Waals surface area contributed by atoms with Crippen LogP contribution in [0, 0.1) is 0 Å². The fraction of sp³-hybridized carbons (Fsp3) is 0.571. The maximum atomic E-state index is 6.19. The zero-order valence-corrected chi connectivity index (χ0v) is 13.7. The van der Waals surface area contributed by atoms with Gasteiger partial charge >= 0.3 is 0 Å². The minimum Gasteiger partial charge on any atom is -0.309 e. The minimum absolute atomic E-state index is 0.463. The van der Waals surface area contributed by atoms with E-state index in [-0.39, 0.29) is 0 Å². The normalized spacial score (nSPS) is 13.0. The van der Waals surface area contributed by atoms with Gasteiger partial charge < -0.3 is 10.2 Å². The summed E-state index contributed by atoms with van der Waals surface area (Å²) < 4.78 is 1.02. The van der Waals surface area contributed by atoms with Crippen molar-refractivity contribution >= 4 is 27.5 Å². The van der Waals surface area contributed by atoms with Crippen LogP contribution >= 0.6 is 27.5 Å². The number of likely N-dealkylation sites (N-methyl/N-ethyl adjacent to an activating group) is 1. The van der Waals surface area contributed by atoms with Gasteiger partial charge in [0.2, 0.25) is 0 Å². The van der Waals surface area contributed by atoms with Crippen LogP contribution in [0.3, 0.4) is 0 Å². The molecule has 0 heterocycles. The number of nitrogens with zero attached hydrogens (tertiary/aromatic N) is 1. The molecule has 1 rings (SSSR count). The van der Waals surface area contributed by atoms with Crippen LogP contribution in [0.2, 0.25) is 5.02 Å². The molecule has 0 aliphatic rings. The quantitative estimate of drug-likeness (QED) is 0.813. The van der Waals surface area contributed by atoms with Crippen LogP contribution in [-0.4, -0.2) is 30.6 Å². The molecular formula is C14H22BrClN2. The number of hydrogen-bond donors (Lipinski definition) is 1. The molecule has 102 valence electrons. The Morgan fingerprint density at radius 3 is 2.56 bits per heavy atom. The smallest absolute Gasteiger partial charge is 0.0462 e. The Kier molecular flexibility index (Phi) is 7.23. The summed E-state index contributed by atoms with van der Waals surface area (Å²) in [4.78, 5) is 2.42. The summed E-state index contributed by atoms with van der Waals surface area (Å²) in [5, 5.41) is 4.33. The summed E-state index contributed by atoms with van der Waals surface area (Å²) in [6.45, 7) is 10.7. The van der Waals surface area contributed by atoms with Crippen molar-refractivity contribution in [1.82, 2.24) is 10.2 Å². The minimum atomic E-state index is 0.463. The first kappa shape index (κ1) is 16.0. The topological polar surface area (TPSA) is 15.3 Å². The van der Waals surface area contributed by atoms with Crippen LogP contribution in [0.4, 0.5) is 0 Å². The van der Waals surface area contributed by atoms with E-state index in [0.29, 0.717) is 6.04 Å². The zero-order valence-electron chi connectivity index (χ0n) is 11.3. The van der Waals surface area contributed by atoms with Gasteiger partial charge in [0, 0.05) is 28.6 Å². The Labute approximate surface area is 124 Å². The van der Waals surface area contributed by atoms with Gasteiger partial charge in [-0.1, -0.05) is 47.4 Å². The first-order valence-electron chi connectivity index (χ1n) is 6.46. The third-order valence-electron chi connectivity index (χ3n) is 3.08. The second-order valence-corrected chi connectivity index (χ2v) is 5.83. The van der Waals surface area contributed by atoms with Gasteiger partial charge in [0.1, 0.15) is 0 Å². The number of nitrogens with one attached hydrogen (secondary N) is 1. The lowest BCUT2D eigenvalue weighted by atomic mass is 10.2. The summed E-state index contributed by atoms with van der Waals surface area (Å²) in [7, 11) is 0. The van der Waals surface area contributed by atoms with Crippen LogP contribution in [-0.2, 0) is 6.54 Å². The largest absolute Gasteiger partial charge is 0.309 e. The Hall–Kier alpha value is -0.0900. The number of halogens is 2. The molecule has 0 aromatic heterocycles. The number of hydrogen-bond acceptors (Lipinski definition) is 2. The van der Waals surface area contributed by atoms with Crippen molar-refractivity contribution in [3.05, 3.63) is 33.3 Å². The van der Waals surface area contributed by atoms with Crippen LogP contribution < -0.4 is 5.32 Å². The number of benzene rings is 1. The van der Waals surface area contributed by atoms with E-state index in [9.17, 15) is 0 Å². The molecule has 1 aromatic carbocycles. The molecule has 1 aromatic rings. The van der Waals surface area contributed by atoms with Crippen molar-refractivity contribution in [3.8, 4) is 0 Å². The van der Waals surface area contributed by atoms with Crippen molar-refractivity contribution in [3.63, 3.8) is 0 Å².